The molecule has 1 aliphatic rings. The molecule has 0 aliphatic heterocycles. The van der Waals surface area contributed by atoms with Crippen LogP contribution in [0.2, 0.25) is 0 Å². The first-order valence-corrected chi connectivity index (χ1v) is 11.7. The highest BCUT2D eigenvalue weighted by atomic mass is 32.1. The highest BCUT2D eigenvalue weighted by molar-refractivity contribution is 7.14. The second kappa shape index (κ2) is 9.62. The number of hydrogen-bond acceptors (Lipinski definition) is 5. The van der Waals surface area contributed by atoms with Gasteiger partial charge in [0.15, 0.2) is 5.13 Å². The number of benzene rings is 2. The summed E-state index contributed by atoms with van der Waals surface area (Å²) in [4.78, 5) is 21.6. The first-order valence-electron chi connectivity index (χ1n) is 10.8. The Hall–Kier alpha value is -2.70. The number of amides is 1. The lowest BCUT2D eigenvalue weighted by Gasteiger charge is -2.22. The summed E-state index contributed by atoms with van der Waals surface area (Å²) >= 11 is 1.54. The van der Waals surface area contributed by atoms with Gasteiger partial charge in [-0.15, -0.1) is 11.3 Å². The van der Waals surface area contributed by atoms with E-state index in [1.165, 1.54) is 29.7 Å². The molecule has 5 nitrogen and oxygen atoms in total. The van der Waals surface area contributed by atoms with Gasteiger partial charge >= 0.3 is 0 Å². The second-order valence-electron chi connectivity index (χ2n) is 7.94. The number of methoxy groups -OCH3 is 1. The van der Waals surface area contributed by atoms with Gasteiger partial charge in [0.25, 0.3) is 0 Å². The highest BCUT2D eigenvalue weighted by Gasteiger charge is 2.30. The molecule has 6 heteroatoms. The number of aromatic nitrogens is 1. The van der Waals surface area contributed by atoms with Crippen LogP contribution in [0.25, 0.3) is 0 Å². The molecule has 3 aromatic rings. The van der Waals surface area contributed by atoms with Crippen LogP contribution in [-0.4, -0.2) is 28.9 Å². The van der Waals surface area contributed by atoms with Gasteiger partial charge in [0.2, 0.25) is 5.91 Å². The van der Waals surface area contributed by atoms with Gasteiger partial charge in [-0.3, -0.25) is 14.6 Å². The van der Waals surface area contributed by atoms with Crippen molar-refractivity contribution in [3.8, 4) is 5.75 Å². The Morgan fingerprint density at radius 3 is 2.52 bits per heavy atom. The van der Waals surface area contributed by atoms with Crippen LogP contribution in [0.1, 0.15) is 43.5 Å². The third-order valence-electron chi connectivity index (χ3n) is 5.63. The lowest BCUT2D eigenvalue weighted by molar-refractivity contribution is -0.115. The molecular formula is C25H29N3O2S. The second-order valence-corrected chi connectivity index (χ2v) is 8.78. The maximum absolute atomic E-state index is 12.5. The van der Waals surface area contributed by atoms with E-state index in [0.29, 0.717) is 6.04 Å². The maximum Gasteiger partial charge on any atom is 0.230 e. The summed E-state index contributed by atoms with van der Waals surface area (Å²) in [7, 11) is 1.69. The summed E-state index contributed by atoms with van der Waals surface area (Å²) in [6.07, 6.45) is 3.34. The van der Waals surface area contributed by atoms with Crippen molar-refractivity contribution < 1.29 is 9.53 Å². The van der Waals surface area contributed by atoms with Crippen LogP contribution in [-0.2, 0) is 24.3 Å². The van der Waals surface area contributed by atoms with E-state index in [1.54, 1.807) is 18.9 Å². The molecule has 162 valence electrons. The van der Waals surface area contributed by atoms with E-state index in [2.05, 4.69) is 35.4 Å². The Labute approximate surface area is 188 Å². The van der Waals surface area contributed by atoms with E-state index in [1.807, 2.05) is 30.3 Å². The summed E-state index contributed by atoms with van der Waals surface area (Å²) in [5, 5.41) is 2.83. The third-order valence-corrected chi connectivity index (χ3v) is 6.51. The fourth-order valence-electron chi connectivity index (χ4n) is 3.83. The number of aryl methyl sites for hydroxylation is 1. The minimum atomic E-state index is -0.0147. The van der Waals surface area contributed by atoms with Crippen LogP contribution in [0, 0.1) is 0 Å². The Kier molecular flexibility index (Phi) is 6.68. The molecule has 1 amide bonds. The largest absolute Gasteiger partial charge is 0.497 e. The Morgan fingerprint density at radius 1 is 1.13 bits per heavy atom. The quantitative estimate of drug-likeness (QED) is 0.441. The van der Waals surface area contributed by atoms with Crippen molar-refractivity contribution in [1.82, 2.24) is 9.88 Å². The molecule has 2 aromatic carbocycles. The van der Waals surface area contributed by atoms with E-state index in [-0.39, 0.29) is 5.91 Å². The van der Waals surface area contributed by atoms with Crippen LogP contribution in [0.5, 0.6) is 5.75 Å². The Balaban J connectivity index is 1.52. The normalized spacial score (nSPS) is 13.4. The molecule has 1 fully saturated rings. The molecule has 31 heavy (non-hydrogen) atoms. The van der Waals surface area contributed by atoms with Crippen LogP contribution in [0.4, 0.5) is 10.8 Å². The first-order chi connectivity index (χ1) is 15.1. The van der Waals surface area contributed by atoms with E-state index >= 15 is 0 Å². The monoisotopic (exact) mass is 435 g/mol. The van der Waals surface area contributed by atoms with Gasteiger partial charge in [0.05, 0.1) is 18.5 Å². The predicted molar refractivity (Wildman–Crippen MR) is 126 cm³/mol. The van der Waals surface area contributed by atoms with Gasteiger partial charge in [-0.2, -0.15) is 0 Å². The van der Waals surface area contributed by atoms with Crippen LogP contribution >= 0.6 is 11.3 Å². The smallest absolute Gasteiger partial charge is 0.230 e. The fourth-order valence-corrected chi connectivity index (χ4v) is 4.71. The summed E-state index contributed by atoms with van der Waals surface area (Å²) in [6.45, 7) is 5.38. The van der Waals surface area contributed by atoms with Crippen molar-refractivity contribution in [3.63, 3.8) is 0 Å². The van der Waals surface area contributed by atoms with Crippen molar-refractivity contribution in [2.24, 2.45) is 0 Å². The zero-order valence-electron chi connectivity index (χ0n) is 18.4. The van der Waals surface area contributed by atoms with E-state index in [4.69, 9.17) is 9.72 Å². The Morgan fingerprint density at radius 2 is 1.87 bits per heavy atom. The molecule has 4 rings (SSSR count). The maximum atomic E-state index is 12.5. The van der Waals surface area contributed by atoms with Gasteiger partial charge in [0, 0.05) is 31.4 Å². The lowest BCUT2D eigenvalue weighted by atomic mass is 10.1. The fraction of sp³-hybridized carbons (Fsp3) is 0.360. The lowest BCUT2D eigenvalue weighted by Crippen LogP contribution is -2.26. The molecular weight excluding hydrogens is 406 g/mol. The van der Waals surface area contributed by atoms with E-state index in [0.717, 1.165) is 47.3 Å². The average Bonchev–Trinajstić information content (AvgIpc) is 3.54. The highest BCUT2D eigenvalue weighted by Crippen LogP contribution is 2.34. The summed E-state index contributed by atoms with van der Waals surface area (Å²) in [6, 6.07) is 16.9. The summed E-state index contributed by atoms with van der Waals surface area (Å²) in [5.74, 6) is 0.863. The van der Waals surface area contributed by atoms with Gasteiger partial charge in [-0.25, -0.2) is 4.98 Å². The molecule has 1 aromatic heterocycles. The molecule has 0 N–H and O–H groups in total. The summed E-state index contributed by atoms with van der Waals surface area (Å²) in [5.41, 5.74) is 4.36. The van der Waals surface area contributed by atoms with Gasteiger partial charge in [-0.05, 0) is 48.6 Å². The standard InChI is InChI=1S/C25H29N3O2S/c1-4-20-7-5-6-8-24(20)28(18(2)29)25-26-21(17-31-25)16-27(22-11-12-22)15-19-9-13-23(30-3)14-10-19/h5-10,13-14,17,22H,4,11-12,15-16H2,1-3H3. The number of thiazole rings is 1. The van der Waals surface area contributed by atoms with E-state index in [9.17, 15) is 4.79 Å². The summed E-state index contributed by atoms with van der Waals surface area (Å²) < 4.78 is 5.27. The number of ether oxygens (including phenoxy) is 1. The van der Waals surface area contributed by atoms with Crippen molar-refractivity contribution in [3.05, 3.63) is 70.7 Å². The number of hydrogen-bond donors (Lipinski definition) is 0. The number of rotatable bonds is 9. The SMILES string of the molecule is CCc1ccccc1N(C(C)=O)c1nc(CN(Cc2ccc(OC)cc2)C2CC2)cs1. The van der Waals surface area contributed by atoms with Gasteiger partial charge < -0.3 is 4.74 Å². The molecule has 0 saturated heterocycles. The first kappa shape index (κ1) is 21.5. The minimum absolute atomic E-state index is 0.0147. The molecule has 0 atom stereocenters. The molecule has 0 unspecified atom stereocenters. The predicted octanol–water partition coefficient (Wildman–Crippen LogP) is 5.56. The number of anilines is 2. The number of carbonyl (C=O) groups is 1. The molecule has 0 spiro atoms. The van der Waals surface area contributed by atoms with Gasteiger partial charge in [-0.1, -0.05) is 37.3 Å². The topological polar surface area (TPSA) is 45.7 Å². The third kappa shape index (κ3) is 5.14. The zero-order valence-corrected chi connectivity index (χ0v) is 19.2. The van der Waals surface area contributed by atoms with Crippen LogP contribution in [0.15, 0.2) is 53.9 Å². The minimum Gasteiger partial charge on any atom is -0.497 e. The zero-order chi connectivity index (χ0) is 21.8. The van der Waals surface area contributed by atoms with Crippen molar-refractivity contribution in [2.45, 2.75) is 52.2 Å². The van der Waals surface area contributed by atoms with Crippen molar-refractivity contribution in [1.29, 1.82) is 0 Å². The van der Waals surface area contributed by atoms with Crippen LogP contribution in [0.3, 0.4) is 0 Å². The number of nitrogens with zero attached hydrogens (tertiary/aromatic N) is 3. The Bertz CT molecular complexity index is 1030. The van der Waals surface area contributed by atoms with Crippen molar-refractivity contribution in [2.75, 3.05) is 12.0 Å². The van der Waals surface area contributed by atoms with Gasteiger partial charge in [0.1, 0.15) is 5.75 Å². The molecule has 1 heterocycles. The van der Waals surface area contributed by atoms with Crippen LogP contribution < -0.4 is 9.64 Å². The molecule has 1 saturated carbocycles. The number of carbonyl (C=O) groups excluding carboxylic acids is 1. The number of para-hydroxylation sites is 1. The van der Waals surface area contributed by atoms with E-state index < -0.39 is 0 Å². The average molecular weight is 436 g/mol. The molecule has 0 radical (unpaired) electrons. The molecule has 0 bridgehead atoms. The van der Waals surface area contributed by atoms with Crippen molar-refractivity contribution >= 4 is 28.1 Å². The molecule has 1 aliphatic carbocycles.